The van der Waals surface area contributed by atoms with Gasteiger partial charge in [0.25, 0.3) is 11.8 Å². The summed E-state index contributed by atoms with van der Waals surface area (Å²) in [6.45, 7) is 5.91. The highest BCUT2D eigenvalue weighted by Gasteiger charge is 2.17. The standard InChI is InChI=1S/C17H16ClN3O2S/c1-9(2)16-20-21-17(23-16)14-8-13(10(3)24-14)19-15(22)11-6-4-5-7-12(11)18/h4-9H,1-3H3,(H,19,22). The number of rotatable bonds is 4. The van der Waals surface area contributed by atoms with Gasteiger partial charge in [0.05, 0.1) is 21.2 Å². The number of hydrogen-bond donors (Lipinski definition) is 1. The van der Waals surface area contributed by atoms with Crippen LogP contribution in [0.5, 0.6) is 0 Å². The minimum Gasteiger partial charge on any atom is -0.420 e. The molecule has 1 aromatic carbocycles. The first-order valence-corrected chi connectivity index (χ1v) is 8.65. The van der Waals surface area contributed by atoms with Crippen LogP contribution < -0.4 is 5.32 Å². The number of halogens is 1. The van der Waals surface area contributed by atoms with Crippen molar-refractivity contribution in [3.05, 3.63) is 51.7 Å². The number of anilines is 1. The summed E-state index contributed by atoms with van der Waals surface area (Å²) >= 11 is 7.56. The lowest BCUT2D eigenvalue weighted by atomic mass is 10.2. The summed E-state index contributed by atoms with van der Waals surface area (Å²) in [5.74, 6) is 0.982. The van der Waals surface area contributed by atoms with Gasteiger partial charge < -0.3 is 9.73 Å². The second-order valence-electron chi connectivity index (χ2n) is 5.61. The minimum atomic E-state index is -0.249. The number of carbonyl (C=O) groups is 1. The van der Waals surface area contributed by atoms with Crippen LogP contribution in [0.2, 0.25) is 5.02 Å². The lowest BCUT2D eigenvalue weighted by Crippen LogP contribution is -2.12. The van der Waals surface area contributed by atoms with Crippen molar-refractivity contribution in [2.75, 3.05) is 5.32 Å². The number of amides is 1. The van der Waals surface area contributed by atoms with E-state index in [-0.39, 0.29) is 11.8 Å². The topological polar surface area (TPSA) is 68.0 Å². The molecule has 2 aromatic heterocycles. The summed E-state index contributed by atoms with van der Waals surface area (Å²) in [5.41, 5.74) is 1.15. The molecule has 0 unspecified atom stereocenters. The molecule has 0 saturated carbocycles. The summed E-state index contributed by atoms with van der Waals surface area (Å²) < 4.78 is 5.66. The van der Waals surface area contributed by atoms with E-state index in [4.69, 9.17) is 16.0 Å². The van der Waals surface area contributed by atoms with Crippen LogP contribution in [-0.4, -0.2) is 16.1 Å². The number of nitrogens with zero attached hydrogens (tertiary/aromatic N) is 2. The Kier molecular flexibility index (Phi) is 4.69. The molecule has 7 heteroatoms. The average Bonchev–Trinajstić information content (AvgIpc) is 3.15. The van der Waals surface area contributed by atoms with Gasteiger partial charge in [-0.05, 0) is 25.1 Å². The van der Waals surface area contributed by atoms with Crippen molar-refractivity contribution in [3.8, 4) is 10.8 Å². The number of aromatic nitrogens is 2. The molecular weight excluding hydrogens is 346 g/mol. The lowest BCUT2D eigenvalue weighted by molar-refractivity contribution is 0.102. The SMILES string of the molecule is Cc1sc(-c2nnc(C(C)C)o2)cc1NC(=O)c1ccccc1Cl. The third kappa shape index (κ3) is 3.34. The molecule has 0 spiro atoms. The van der Waals surface area contributed by atoms with E-state index in [1.165, 1.54) is 11.3 Å². The van der Waals surface area contributed by atoms with E-state index in [2.05, 4.69) is 15.5 Å². The number of nitrogens with one attached hydrogen (secondary N) is 1. The van der Waals surface area contributed by atoms with Gasteiger partial charge in [0.2, 0.25) is 5.89 Å². The summed E-state index contributed by atoms with van der Waals surface area (Å²) in [6.07, 6.45) is 0. The van der Waals surface area contributed by atoms with Crippen LogP contribution >= 0.6 is 22.9 Å². The van der Waals surface area contributed by atoms with Gasteiger partial charge in [0.1, 0.15) is 0 Å². The molecule has 0 aliphatic rings. The van der Waals surface area contributed by atoms with E-state index in [0.717, 1.165) is 9.75 Å². The van der Waals surface area contributed by atoms with Gasteiger partial charge in [0, 0.05) is 10.8 Å². The van der Waals surface area contributed by atoms with Crippen LogP contribution in [-0.2, 0) is 0 Å². The molecule has 3 rings (SSSR count). The minimum absolute atomic E-state index is 0.173. The van der Waals surface area contributed by atoms with E-state index < -0.39 is 0 Å². The fourth-order valence-electron chi connectivity index (χ4n) is 2.11. The average molecular weight is 362 g/mol. The van der Waals surface area contributed by atoms with E-state index in [1.807, 2.05) is 26.8 Å². The Morgan fingerprint density at radius 2 is 2.04 bits per heavy atom. The number of benzene rings is 1. The number of aryl methyl sites for hydroxylation is 1. The summed E-state index contributed by atoms with van der Waals surface area (Å²) in [7, 11) is 0. The molecule has 0 radical (unpaired) electrons. The molecule has 1 amide bonds. The van der Waals surface area contributed by atoms with Gasteiger partial charge in [0.15, 0.2) is 0 Å². The highest BCUT2D eigenvalue weighted by molar-refractivity contribution is 7.15. The van der Waals surface area contributed by atoms with Crippen molar-refractivity contribution < 1.29 is 9.21 Å². The smallest absolute Gasteiger partial charge is 0.257 e. The second kappa shape index (κ2) is 6.75. The second-order valence-corrected chi connectivity index (χ2v) is 7.28. The maximum atomic E-state index is 12.4. The predicted molar refractivity (Wildman–Crippen MR) is 95.8 cm³/mol. The lowest BCUT2D eigenvalue weighted by Gasteiger charge is -2.05. The fourth-order valence-corrected chi connectivity index (χ4v) is 3.23. The molecule has 2 heterocycles. The Bertz CT molecular complexity index is 886. The van der Waals surface area contributed by atoms with E-state index >= 15 is 0 Å². The highest BCUT2D eigenvalue weighted by atomic mass is 35.5. The van der Waals surface area contributed by atoms with Crippen LogP contribution in [0.3, 0.4) is 0 Å². The molecule has 5 nitrogen and oxygen atoms in total. The first-order chi connectivity index (χ1) is 11.5. The normalized spacial score (nSPS) is 11.0. The van der Waals surface area contributed by atoms with Crippen LogP contribution in [0, 0.1) is 6.92 Å². The van der Waals surface area contributed by atoms with Crippen molar-refractivity contribution in [1.82, 2.24) is 10.2 Å². The van der Waals surface area contributed by atoms with E-state index in [0.29, 0.717) is 28.1 Å². The molecule has 1 N–H and O–H groups in total. The van der Waals surface area contributed by atoms with Crippen LogP contribution in [0.1, 0.15) is 40.9 Å². The zero-order chi connectivity index (χ0) is 17.3. The molecule has 3 aromatic rings. The number of thiophene rings is 1. The van der Waals surface area contributed by atoms with Crippen LogP contribution in [0.15, 0.2) is 34.7 Å². The van der Waals surface area contributed by atoms with Gasteiger partial charge in [-0.15, -0.1) is 21.5 Å². The van der Waals surface area contributed by atoms with Gasteiger partial charge in [-0.2, -0.15) is 0 Å². The Morgan fingerprint density at radius 3 is 2.71 bits per heavy atom. The van der Waals surface area contributed by atoms with Crippen molar-refractivity contribution in [2.24, 2.45) is 0 Å². The maximum Gasteiger partial charge on any atom is 0.257 e. The summed E-state index contributed by atoms with van der Waals surface area (Å²) in [5, 5.41) is 11.4. The quantitative estimate of drug-likeness (QED) is 0.698. The third-order valence-electron chi connectivity index (χ3n) is 3.43. The molecule has 0 aliphatic carbocycles. The zero-order valence-corrected chi connectivity index (χ0v) is 15.0. The van der Waals surface area contributed by atoms with Crippen molar-refractivity contribution >= 4 is 34.5 Å². The molecule has 0 aliphatic heterocycles. The summed E-state index contributed by atoms with van der Waals surface area (Å²) in [6, 6.07) is 8.78. The van der Waals surface area contributed by atoms with Crippen molar-refractivity contribution in [3.63, 3.8) is 0 Å². The summed E-state index contributed by atoms with van der Waals surface area (Å²) in [4.78, 5) is 14.2. The zero-order valence-electron chi connectivity index (χ0n) is 13.5. The van der Waals surface area contributed by atoms with E-state index in [9.17, 15) is 4.79 Å². The van der Waals surface area contributed by atoms with Crippen molar-refractivity contribution in [1.29, 1.82) is 0 Å². The van der Waals surface area contributed by atoms with Crippen molar-refractivity contribution in [2.45, 2.75) is 26.7 Å². The maximum absolute atomic E-state index is 12.4. The van der Waals surface area contributed by atoms with Gasteiger partial charge in [-0.3, -0.25) is 4.79 Å². The monoisotopic (exact) mass is 361 g/mol. The number of hydrogen-bond acceptors (Lipinski definition) is 5. The molecule has 24 heavy (non-hydrogen) atoms. The van der Waals surface area contributed by atoms with Gasteiger partial charge >= 0.3 is 0 Å². The first kappa shape index (κ1) is 16.7. The Labute approximate surface area is 148 Å². The molecular formula is C17H16ClN3O2S. The highest BCUT2D eigenvalue weighted by Crippen LogP contribution is 2.34. The van der Waals surface area contributed by atoms with Gasteiger partial charge in [-0.25, -0.2) is 0 Å². The van der Waals surface area contributed by atoms with E-state index in [1.54, 1.807) is 24.3 Å². The molecule has 0 saturated heterocycles. The Morgan fingerprint density at radius 1 is 1.29 bits per heavy atom. The van der Waals surface area contributed by atoms with Crippen LogP contribution in [0.4, 0.5) is 5.69 Å². The first-order valence-electron chi connectivity index (χ1n) is 7.45. The Hall–Kier alpha value is -2.18. The molecule has 0 fully saturated rings. The largest absolute Gasteiger partial charge is 0.420 e. The third-order valence-corrected chi connectivity index (χ3v) is 4.80. The van der Waals surface area contributed by atoms with Gasteiger partial charge in [-0.1, -0.05) is 37.6 Å². The molecule has 0 bridgehead atoms. The molecule has 0 atom stereocenters. The fraction of sp³-hybridized carbons (Fsp3) is 0.235. The Balaban J connectivity index is 1.84. The van der Waals surface area contributed by atoms with Crippen LogP contribution in [0.25, 0.3) is 10.8 Å². The molecule has 124 valence electrons. The number of carbonyl (C=O) groups excluding carboxylic acids is 1. The predicted octanol–water partition coefficient (Wildman–Crippen LogP) is 5.14.